The summed E-state index contributed by atoms with van der Waals surface area (Å²) >= 11 is 6.05. The van der Waals surface area contributed by atoms with Gasteiger partial charge in [-0.3, -0.25) is 0 Å². The summed E-state index contributed by atoms with van der Waals surface area (Å²) in [6.45, 7) is 2.24. The van der Waals surface area contributed by atoms with E-state index in [0.29, 0.717) is 10.9 Å². The summed E-state index contributed by atoms with van der Waals surface area (Å²) < 4.78 is 5.35. The maximum absolute atomic E-state index is 10.7. The van der Waals surface area contributed by atoms with Crippen LogP contribution in [0.5, 0.6) is 5.75 Å². The Bertz CT molecular complexity index is 419. The topological polar surface area (TPSA) is 29.5 Å². The Balaban J connectivity index is 2.18. The van der Waals surface area contributed by atoms with Crippen LogP contribution in [0.3, 0.4) is 0 Å². The van der Waals surface area contributed by atoms with Gasteiger partial charge in [-0.05, 0) is 42.9 Å². The highest BCUT2D eigenvalue weighted by Crippen LogP contribution is 2.41. The minimum atomic E-state index is -0.469. The molecule has 0 spiro atoms. The lowest BCUT2D eigenvalue weighted by Crippen LogP contribution is -2.21. The van der Waals surface area contributed by atoms with Crippen molar-refractivity contribution in [3.05, 3.63) is 28.8 Å². The molecule has 2 nitrogen and oxygen atoms in total. The molecule has 3 unspecified atom stereocenters. The Morgan fingerprint density at radius 2 is 2.21 bits per heavy atom. The third kappa shape index (κ3) is 3.43. The number of methoxy groups -OCH3 is 1. The molecule has 1 fully saturated rings. The minimum Gasteiger partial charge on any atom is -0.496 e. The van der Waals surface area contributed by atoms with Crippen LogP contribution in [0.4, 0.5) is 0 Å². The van der Waals surface area contributed by atoms with Gasteiger partial charge in [0.2, 0.25) is 0 Å². The van der Waals surface area contributed by atoms with Crippen molar-refractivity contribution in [3.63, 3.8) is 0 Å². The van der Waals surface area contributed by atoms with Gasteiger partial charge in [0.15, 0.2) is 0 Å². The van der Waals surface area contributed by atoms with Crippen molar-refractivity contribution in [1.29, 1.82) is 0 Å². The zero-order chi connectivity index (χ0) is 13.8. The quantitative estimate of drug-likeness (QED) is 0.875. The molecule has 19 heavy (non-hydrogen) atoms. The molecule has 0 radical (unpaired) electrons. The summed E-state index contributed by atoms with van der Waals surface area (Å²) in [6.07, 6.45) is 5.44. The standard InChI is InChI=1S/C16H23ClO2/c1-3-11-5-4-6-12(9-11)16(18)14-10-13(17)7-8-15(14)19-2/h7-8,10-12,16,18H,3-6,9H2,1-2H3. The second-order valence-electron chi connectivity index (χ2n) is 5.53. The van der Waals surface area contributed by atoms with Crippen LogP contribution < -0.4 is 4.74 Å². The first-order valence-electron chi connectivity index (χ1n) is 7.17. The highest BCUT2D eigenvalue weighted by atomic mass is 35.5. The van der Waals surface area contributed by atoms with Crippen LogP contribution in [0.1, 0.15) is 50.7 Å². The van der Waals surface area contributed by atoms with Gasteiger partial charge in [-0.2, -0.15) is 0 Å². The number of halogens is 1. The summed E-state index contributed by atoms with van der Waals surface area (Å²) in [5, 5.41) is 11.3. The Morgan fingerprint density at radius 1 is 1.42 bits per heavy atom. The van der Waals surface area contributed by atoms with Gasteiger partial charge >= 0.3 is 0 Å². The van der Waals surface area contributed by atoms with Crippen molar-refractivity contribution >= 4 is 11.6 Å². The molecule has 3 heteroatoms. The number of rotatable bonds is 4. The average Bonchev–Trinajstić information content (AvgIpc) is 2.46. The van der Waals surface area contributed by atoms with Gasteiger partial charge in [-0.15, -0.1) is 0 Å². The van der Waals surface area contributed by atoms with Crippen LogP contribution in [0.15, 0.2) is 18.2 Å². The molecule has 1 N–H and O–H groups in total. The first-order valence-corrected chi connectivity index (χ1v) is 7.55. The second-order valence-corrected chi connectivity index (χ2v) is 5.97. The summed E-state index contributed by atoms with van der Waals surface area (Å²) in [6, 6.07) is 5.47. The number of aliphatic hydroxyl groups excluding tert-OH is 1. The van der Waals surface area contributed by atoms with E-state index < -0.39 is 6.10 Å². The van der Waals surface area contributed by atoms with Crippen molar-refractivity contribution in [2.75, 3.05) is 7.11 Å². The maximum atomic E-state index is 10.7. The van der Waals surface area contributed by atoms with Crippen molar-refractivity contribution in [1.82, 2.24) is 0 Å². The summed E-state index contributed by atoms with van der Waals surface area (Å²) in [7, 11) is 1.63. The van der Waals surface area contributed by atoms with Crippen molar-refractivity contribution in [2.24, 2.45) is 11.8 Å². The third-order valence-electron chi connectivity index (χ3n) is 4.36. The lowest BCUT2D eigenvalue weighted by atomic mass is 9.76. The van der Waals surface area contributed by atoms with Crippen LogP contribution in [0.25, 0.3) is 0 Å². The predicted molar refractivity (Wildman–Crippen MR) is 78.7 cm³/mol. The van der Waals surface area contributed by atoms with E-state index in [1.807, 2.05) is 12.1 Å². The van der Waals surface area contributed by atoms with Crippen LogP contribution in [0.2, 0.25) is 5.02 Å². The second kappa shape index (κ2) is 6.62. The van der Waals surface area contributed by atoms with E-state index in [-0.39, 0.29) is 0 Å². The highest BCUT2D eigenvalue weighted by Gasteiger charge is 2.29. The Labute approximate surface area is 120 Å². The predicted octanol–water partition coefficient (Wildman–Crippen LogP) is 4.60. The zero-order valence-electron chi connectivity index (χ0n) is 11.7. The molecule has 0 saturated heterocycles. The Hall–Kier alpha value is -0.730. The van der Waals surface area contributed by atoms with E-state index in [4.69, 9.17) is 16.3 Å². The molecule has 0 amide bonds. The smallest absolute Gasteiger partial charge is 0.124 e. The van der Waals surface area contributed by atoms with Gasteiger partial charge in [0.05, 0.1) is 13.2 Å². The summed E-state index contributed by atoms with van der Waals surface area (Å²) in [5.74, 6) is 1.81. The summed E-state index contributed by atoms with van der Waals surface area (Å²) in [5.41, 5.74) is 0.830. The molecular weight excluding hydrogens is 260 g/mol. The van der Waals surface area contributed by atoms with Gasteiger partial charge in [-0.1, -0.05) is 37.8 Å². The highest BCUT2D eigenvalue weighted by molar-refractivity contribution is 6.30. The molecule has 0 bridgehead atoms. The number of benzene rings is 1. The van der Waals surface area contributed by atoms with E-state index in [1.165, 1.54) is 19.3 Å². The lowest BCUT2D eigenvalue weighted by molar-refractivity contribution is 0.0658. The van der Waals surface area contributed by atoms with E-state index in [2.05, 4.69) is 6.92 Å². The fourth-order valence-corrected chi connectivity index (χ4v) is 3.36. The van der Waals surface area contributed by atoms with E-state index >= 15 is 0 Å². The number of hydrogen-bond acceptors (Lipinski definition) is 2. The normalized spacial score (nSPS) is 25.1. The third-order valence-corrected chi connectivity index (χ3v) is 4.59. The molecule has 0 aromatic heterocycles. The molecule has 3 atom stereocenters. The molecule has 1 saturated carbocycles. The molecular formula is C16H23ClO2. The lowest BCUT2D eigenvalue weighted by Gasteiger charge is -2.32. The van der Waals surface area contributed by atoms with Crippen molar-refractivity contribution in [2.45, 2.75) is 45.1 Å². The van der Waals surface area contributed by atoms with Gasteiger partial charge in [0, 0.05) is 10.6 Å². The molecule has 1 aromatic carbocycles. The molecule has 0 heterocycles. The van der Waals surface area contributed by atoms with E-state index in [9.17, 15) is 5.11 Å². The van der Waals surface area contributed by atoms with Gasteiger partial charge in [0.1, 0.15) is 5.75 Å². The van der Waals surface area contributed by atoms with Gasteiger partial charge in [0.25, 0.3) is 0 Å². The Morgan fingerprint density at radius 3 is 2.89 bits per heavy atom. The van der Waals surface area contributed by atoms with E-state index in [0.717, 1.165) is 30.1 Å². The van der Waals surface area contributed by atoms with Crippen LogP contribution >= 0.6 is 11.6 Å². The van der Waals surface area contributed by atoms with Crippen LogP contribution in [-0.4, -0.2) is 12.2 Å². The molecule has 2 rings (SSSR count). The van der Waals surface area contributed by atoms with Gasteiger partial charge < -0.3 is 9.84 Å². The molecule has 106 valence electrons. The number of ether oxygens (including phenoxy) is 1. The fraction of sp³-hybridized carbons (Fsp3) is 0.625. The van der Waals surface area contributed by atoms with Gasteiger partial charge in [-0.25, -0.2) is 0 Å². The fourth-order valence-electron chi connectivity index (χ4n) is 3.18. The summed E-state index contributed by atoms with van der Waals surface area (Å²) in [4.78, 5) is 0. The zero-order valence-corrected chi connectivity index (χ0v) is 12.5. The monoisotopic (exact) mass is 282 g/mol. The SMILES string of the molecule is CCC1CCCC(C(O)c2cc(Cl)ccc2OC)C1. The van der Waals surface area contributed by atoms with Crippen molar-refractivity contribution in [3.8, 4) is 5.75 Å². The molecule has 1 aliphatic rings. The molecule has 1 aliphatic carbocycles. The average molecular weight is 283 g/mol. The Kier molecular flexibility index (Phi) is 5.12. The van der Waals surface area contributed by atoms with E-state index in [1.54, 1.807) is 13.2 Å². The first kappa shape index (κ1) is 14.7. The maximum Gasteiger partial charge on any atom is 0.124 e. The van der Waals surface area contributed by atoms with Crippen LogP contribution in [0, 0.1) is 11.8 Å². The molecule has 1 aromatic rings. The number of aliphatic hydroxyl groups is 1. The minimum absolute atomic E-state index is 0.325. The van der Waals surface area contributed by atoms with Crippen LogP contribution in [-0.2, 0) is 0 Å². The first-order chi connectivity index (χ1) is 9.15. The molecule has 0 aliphatic heterocycles. The van der Waals surface area contributed by atoms with Crippen molar-refractivity contribution < 1.29 is 9.84 Å². The largest absolute Gasteiger partial charge is 0.496 e. The number of hydrogen-bond donors (Lipinski definition) is 1.